The van der Waals surface area contributed by atoms with Gasteiger partial charge in [-0.2, -0.15) is 0 Å². The molecule has 1 aromatic carbocycles. The first kappa shape index (κ1) is 10.9. The maximum Gasteiger partial charge on any atom is 0.0837 e. The summed E-state index contributed by atoms with van der Waals surface area (Å²) in [6.07, 6.45) is 1.25. The zero-order valence-electron chi connectivity index (χ0n) is 8.92. The molecule has 1 atom stereocenters. The monoisotopic (exact) mass is 225 g/mol. The van der Waals surface area contributed by atoms with Crippen LogP contribution in [0.5, 0.6) is 0 Å². The number of ether oxygens (including phenoxy) is 1. The lowest BCUT2D eigenvalue weighted by Gasteiger charge is -2.15. The maximum atomic E-state index is 6.00. The number of hydrogen-bond acceptors (Lipinski definition) is 2. The van der Waals surface area contributed by atoms with Gasteiger partial charge in [0, 0.05) is 11.6 Å². The van der Waals surface area contributed by atoms with Crippen LogP contribution < -0.4 is 5.32 Å². The quantitative estimate of drug-likeness (QED) is 0.794. The van der Waals surface area contributed by atoms with Crippen LogP contribution in [0.4, 0.5) is 0 Å². The van der Waals surface area contributed by atoms with E-state index in [9.17, 15) is 0 Å². The summed E-state index contributed by atoms with van der Waals surface area (Å²) in [5.41, 5.74) is 2.36. The number of rotatable bonds is 1. The highest BCUT2D eigenvalue weighted by molar-refractivity contribution is 6.31. The third-order valence-corrected chi connectivity index (χ3v) is 3.16. The molecule has 0 aromatic heterocycles. The minimum atomic E-state index is 0.218. The van der Waals surface area contributed by atoms with Crippen molar-refractivity contribution < 1.29 is 4.74 Å². The van der Waals surface area contributed by atoms with Gasteiger partial charge in [-0.15, -0.1) is 0 Å². The van der Waals surface area contributed by atoms with E-state index < -0.39 is 0 Å². The van der Waals surface area contributed by atoms with Crippen molar-refractivity contribution in [2.45, 2.75) is 19.4 Å². The summed E-state index contributed by atoms with van der Waals surface area (Å²) >= 11 is 6.00. The molecule has 1 aliphatic heterocycles. The molecule has 2 nitrogen and oxygen atoms in total. The molecule has 0 amide bonds. The Labute approximate surface area is 95.6 Å². The lowest BCUT2D eigenvalue weighted by molar-refractivity contribution is 0.0644. The van der Waals surface area contributed by atoms with Gasteiger partial charge in [-0.25, -0.2) is 0 Å². The molecule has 2 rings (SSSR count). The molecular weight excluding hydrogens is 210 g/mol. The lowest BCUT2D eigenvalue weighted by Crippen LogP contribution is -2.16. The van der Waals surface area contributed by atoms with E-state index in [2.05, 4.69) is 17.4 Å². The van der Waals surface area contributed by atoms with Gasteiger partial charge in [0.2, 0.25) is 0 Å². The zero-order chi connectivity index (χ0) is 10.7. The Bertz CT molecular complexity index is 332. The molecule has 0 aliphatic carbocycles. The molecule has 1 unspecified atom stereocenters. The number of hydrogen-bond donors (Lipinski definition) is 1. The van der Waals surface area contributed by atoms with E-state index in [1.807, 2.05) is 13.0 Å². The normalized spacial score (nSPS) is 22.4. The molecule has 0 saturated carbocycles. The van der Waals surface area contributed by atoms with Gasteiger partial charge >= 0.3 is 0 Å². The highest BCUT2D eigenvalue weighted by Gasteiger charge is 2.14. The van der Waals surface area contributed by atoms with Gasteiger partial charge in [-0.3, -0.25) is 0 Å². The minimum Gasteiger partial charge on any atom is -0.372 e. The summed E-state index contributed by atoms with van der Waals surface area (Å²) in [6.45, 7) is 4.78. The first-order valence-electron chi connectivity index (χ1n) is 5.36. The fourth-order valence-corrected chi connectivity index (χ4v) is 1.96. The van der Waals surface area contributed by atoms with Crippen LogP contribution in [-0.4, -0.2) is 19.7 Å². The molecule has 3 heteroatoms. The second-order valence-corrected chi connectivity index (χ2v) is 4.31. The fraction of sp³-hybridized carbons (Fsp3) is 0.500. The molecule has 82 valence electrons. The Balaban J connectivity index is 2.16. The van der Waals surface area contributed by atoms with E-state index >= 15 is 0 Å². The van der Waals surface area contributed by atoms with E-state index in [4.69, 9.17) is 16.3 Å². The summed E-state index contributed by atoms with van der Waals surface area (Å²) in [6, 6.07) is 6.14. The molecule has 1 aliphatic rings. The fourth-order valence-electron chi connectivity index (χ4n) is 1.85. The third-order valence-electron chi connectivity index (χ3n) is 2.73. The predicted molar refractivity (Wildman–Crippen MR) is 62.4 cm³/mol. The van der Waals surface area contributed by atoms with Crippen molar-refractivity contribution in [2.24, 2.45) is 0 Å². The van der Waals surface area contributed by atoms with Crippen molar-refractivity contribution in [3.63, 3.8) is 0 Å². The van der Waals surface area contributed by atoms with Crippen molar-refractivity contribution in [2.75, 3.05) is 19.7 Å². The standard InChI is InChI=1S/C12H16ClNO/c1-9-8-10(2-3-11(9)13)12-4-5-14-6-7-15-12/h2-3,8,12,14H,4-7H2,1H3. The molecule has 0 spiro atoms. The third kappa shape index (κ3) is 2.71. The SMILES string of the molecule is Cc1cc(C2CCNCCO2)ccc1Cl. The van der Waals surface area contributed by atoms with Crippen LogP contribution in [0.25, 0.3) is 0 Å². The molecule has 0 radical (unpaired) electrons. The topological polar surface area (TPSA) is 21.3 Å². The van der Waals surface area contributed by atoms with Crippen molar-refractivity contribution >= 4 is 11.6 Å². The molecule has 1 N–H and O–H groups in total. The summed E-state index contributed by atoms with van der Waals surface area (Å²) in [7, 11) is 0. The average molecular weight is 226 g/mol. The van der Waals surface area contributed by atoms with Gasteiger partial charge in [0.05, 0.1) is 12.7 Å². The second kappa shape index (κ2) is 4.97. The van der Waals surface area contributed by atoms with E-state index in [0.717, 1.165) is 36.7 Å². The second-order valence-electron chi connectivity index (χ2n) is 3.91. The van der Waals surface area contributed by atoms with E-state index in [1.54, 1.807) is 0 Å². The Morgan fingerprint density at radius 1 is 1.40 bits per heavy atom. The van der Waals surface area contributed by atoms with E-state index in [-0.39, 0.29) is 6.10 Å². The first-order chi connectivity index (χ1) is 7.27. The number of aryl methyl sites for hydroxylation is 1. The van der Waals surface area contributed by atoms with Crippen molar-refractivity contribution in [3.8, 4) is 0 Å². The molecule has 1 saturated heterocycles. The Kier molecular flexibility index (Phi) is 3.62. The molecule has 15 heavy (non-hydrogen) atoms. The molecule has 1 fully saturated rings. The van der Waals surface area contributed by atoms with Crippen LogP contribution in [0.15, 0.2) is 18.2 Å². The number of nitrogens with one attached hydrogen (secondary N) is 1. The predicted octanol–water partition coefficient (Wildman–Crippen LogP) is 2.70. The highest BCUT2D eigenvalue weighted by Crippen LogP contribution is 2.25. The molecule has 0 bridgehead atoms. The van der Waals surface area contributed by atoms with Crippen molar-refractivity contribution in [3.05, 3.63) is 34.3 Å². The van der Waals surface area contributed by atoms with Gasteiger partial charge in [0.25, 0.3) is 0 Å². The van der Waals surface area contributed by atoms with E-state index in [0.29, 0.717) is 0 Å². The van der Waals surface area contributed by atoms with Crippen LogP contribution in [0.3, 0.4) is 0 Å². The van der Waals surface area contributed by atoms with Crippen LogP contribution in [0, 0.1) is 6.92 Å². The van der Waals surface area contributed by atoms with Crippen LogP contribution in [-0.2, 0) is 4.74 Å². The summed E-state index contributed by atoms with van der Waals surface area (Å²) in [5, 5.41) is 4.15. The summed E-state index contributed by atoms with van der Waals surface area (Å²) < 4.78 is 5.78. The van der Waals surface area contributed by atoms with Gasteiger partial charge in [0.1, 0.15) is 0 Å². The zero-order valence-corrected chi connectivity index (χ0v) is 9.68. The number of halogens is 1. The van der Waals surface area contributed by atoms with Crippen molar-refractivity contribution in [1.82, 2.24) is 5.32 Å². The van der Waals surface area contributed by atoms with E-state index in [1.165, 1.54) is 5.56 Å². The maximum absolute atomic E-state index is 6.00. The molecule has 1 heterocycles. The Morgan fingerprint density at radius 3 is 3.07 bits per heavy atom. The first-order valence-corrected chi connectivity index (χ1v) is 5.73. The average Bonchev–Trinajstić information content (AvgIpc) is 2.50. The smallest absolute Gasteiger partial charge is 0.0837 e. The van der Waals surface area contributed by atoms with Crippen LogP contribution in [0.2, 0.25) is 5.02 Å². The molecular formula is C12H16ClNO. The van der Waals surface area contributed by atoms with Gasteiger partial charge in [0.15, 0.2) is 0 Å². The summed E-state index contributed by atoms with van der Waals surface area (Å²) in [4.78, 5) is 0. The lowest BCUT2D eigenvalue weighted by atomic mass is 10.0. The molecule has 1 aromatic rings. The number of benzene rings is 1. The van der Waals surface area contributed by atoms with Gasteiger partial charge in [-0.1, -0.05) is 23.7 Å². The Morgan fingerprint density at radius 2 is 2.27 bits per heavy atom. The van der Waals surface area contributed by atoms with Crippen LogP contribution >= 0.6 is 11.6 Å². The summed E-state index contributed by atoms with van der Waals surface area (Å²) in [5.74, 6) is 0. The largest absolute Gasteiger partial charge is 0.372 e. The van der Waals surface area contributed by atoms with Gasteiger partial charge < -0.3 is 10.1 Å². The highest BCUT2D eigenvalue weighted by atomic mass is 35.5. The Hall–Kier alpha value is -0.570. The van der Waals surface area contributed by atoms with Crippen LogP contribution in [0.1, 0.15) is 23.7 Å². The minimum absolute atomic E-state index is 0.218. The van der Waals surface area contributed by atoms with Crippen molar-refractivity contribution in [1.29, 1.82) is 0 Å². The van der Waals surface area contributed by atoms with Gasteiger partial charge in [-0.05, 0) is 37.1 Å².